The van der Waals surface area contributed by atoms with Crippen LogP contribution in [0.2, 0.25) is 0 Å². The maximum Gasteiger partial charge on any atom is 0.422 e. The van der Waals surface area contributed by atoms with E-state index in [-0.39, 0.29) is 10.7 Å². The molecule has 1 aromatic rings. The van der Waals surface area contributed by atoms with Crippen molar-refractivity contribution in [1.29, 1.82) is 0 Å². The number of carbonyl (C=O) groups excluding carboxylic acids is 2. The first-order chi connectivity index (χ1) is 11.8. The number of carbonyl (C=O) groups is 2. The number of hydrogen-bond acceptors (Lipinski definition) is 5. The molecule has 0 atom stereocenters. The number of para-hydroxylation sites is 1. The first kappa shape index (κ1) is 17.7. The highest BCUT2D eigenvalue weighted by atomic mass is 32.2. The van der Waals surface area contributed by atoms with Gasteiger partial charge in [0.25, 0.3) is 11.1 Å². The number of hydrogen-bond donors (Lipinski definition) is 1. The molecule has 1 N–H and O–H groups in total. The highest BCUT2D eigenvalue weighted by molar-refractivity contribution is 8.18. The Balaban J connectivity index is 1.98. The van der Waals surface area contributed by atoms with Crippen LogP contribution < -0.4 is 15.0 Å². The van der Waals surface area contributed by atoms with Crippen molar-refractivity contribution >= 4 is 34.7 Å². The number of thioether (sulfide) groups is 1. The Morgan fingerprint density at radius 1 is 1.24 bits per heavy atom. The minimum Gasteiger partial charge on any atom is -0.482 e. The Bertz CT molecular complexity index is 728. The fourth-order valence-corrected chi connectivity index (χ4v) is 3.45. The third-order valence-corrected chi connectivity index (χ3v) is 4.58. The van der Waals surface area contributed by atoms with Gasteiger partial charge in [0.05, 0.1) is 10.6 Å². The van der Waals surface area contributed by atoms with E-state index in [4.69, 9.17) is 4.74 Å². The quantitative estimate of drug-likeness (QED) is 0.819. The molecule has 1 aromatic carbocycles. The van der Waals surface area contributed by atoms with Crippen molar-refractivity contribution in [3.05, 3.63) is 28.7 Å². The predicted octanol–water partition coefficient (Wildman–Crippen LogP) is 3.55. The average Bonchev–Trinajstić information content (AvgIpc) is 3.15. The lowest BCUT2D eigenvalue weighted by molar-refractivity contribution is -0.153. The number of amides is 2. The lowest BCUT2D eigenvalue weighted by Crippen LogP contribution is -2.23. The summed E-state index contributed by atoms with van der Waals surface area (Å²) in [6.07, 6.45) is -1.07. The summed E-state index contributed by atoms with van der Waals surface area (Å²) in [7, 11) is 0. The van der Waals surface area contributed by atoms with Crippen LogP contribution in [0.25, 0.3) is 6.08 Å². The molecule has 2 saturated heterocycles. The third kappa shape index (κ3) is 4.28. The number of halogens is 3. The van der Waals surface area contributed by atoms with E-state index in [1.165, 1.54) is 12.1 Å². The molecule has 2 aliphatic heterocycles. The summed E-state index contributed by atoms with van der Waals surface area (Å²) < 4.78 is 42.6. The molecule has 134 valence electrons. The van der Waals surface area contributed by atoms with Crippen molar-refractivity contribution in [2.45, 2.75) is 19.0 Å². The zero-order chi connectivity index (χ0) is 18.0. The van der Waals surface area contributed by atoms with Crippen LogP contribution >= 0.6 is 11.8 Å². The topological polar surface area (TPSA) is 58.6 Å². The second kappa shape index (κ2) is 6.99. The number of nitrogens with zero attached hydrogens (tertiary/aromatic N) is 1. The van der Waals surface area contributed by atoms with E-state index in [0.29, 0.717) is 24.3 Å². The minimum absolute atomic E-state index is 0.114. The maximum atomic E-state index is 12.5. The second-order valence-corrected chi connectivity index (χ2v) is 6.66. The monoisotopic (exact) mass is 372 g/mol. The summed E-state index contributed by atoms with van der Waals surface area (Å²) in [5.74, 6) is -0.396. The summed E-state index contributed by atoms with van der Waals surface area (Å²) in [5, 5.41) is 1.69. The van der Waals surface area contributed by atoms with E-state index in [9.17, 15) is 22.8 Å². The molecule has 25 heavy (non-hydrogen) atoms. The first-order valence-electron chi connectivity index (χ1n) is 7.66. The van der Waals surface area contributed by atoms with Crippen molar-refractivity contribution in [2.24, 2.45) is 0 Å². The first-order valence-corrected chi connectivity index (χ1v) is 8.47. The lowest BCUT2D eigenvalue weighted by Gasteiger charge is -2.24. The fraction of sp³-hybridized carbons (Fsp3) is 0.375. The Kier molecular flexibility index (Phi) is 4.94. The van der Waals surface area contributed by atoms with Gasteiger partial charge in [-0.1, -0.05) is 12.1 Å². The molecule has 2 aliphatic rings. The van der Waals surface area contributed by atoms with Gasteiger partial charge in [0.2, 0.25) is 0 Å². The molecule has 0 bridgehead atoms. The van der Waals surface area contributed by atoms with Crippen molar-refractivity contribution in [3.63, 3.8) is 0 Å². The van der Waals surface area contributed by atoms with E-state index < -0.39 is 23.9 Å². The molecule has 0 spiro atoms. The highest BCUT2D eigenvalue weighted by Gasteiger charge is 2.30. The van der Waals surface area contributed by atoms with Gasteiger partial charge in [-0.25, -0.2) is 0 Å². The normalized spacial score (nSPS) is 19.6. The van der Waals surface area contributed by atoms with Crippen molar-refractivity contribution < 1.29 is 27.5 Å². The van der Waals surface area contributed by atoms with Gasteiger partial charge in [0.1, 0.15) is 5.75 Å². The fourth-order valence-electron chi connectivity index (χ4n) is 2.77. The number of alkyl halides is 3. The summed E-state index contributed by atoms with van der Waals surface area (Å²) in [6.45, 7) is 0.00323. The van der Waals surface area contributed by atoms with Crippen molar-refractivity contribution in [1.82, 2.24) is 5.32 Å². The number of imide groups is 1. The average molecular weight is 372 g/mol. The van der Waals surface area contributed by atoms with Crippen LogP contribution in [0.5, 0.6) is 5.75 Å². The number of nitrogens with one attached hydrogen (secondary N) is 1. The molecular formula is C16H15F3N2O3S. The minimum atomic E-state index is -4.44. The van der Waals surface area contributed by atoms with Crippen LogP contribution in [0.3, 0.4) is 0 Å². The van der Waals surface area contributed by atoms with Crippen LogP contribution in [-0.4, -0.2) is 37.0 Å². The van der Waals surface area contributed by atoms with E-state index in [1.54, 1.807) is 12.1 Å². The molecule has 0 aliphatic carbocycles. The lowest BCUT2D eigenvalue weighted by atomic mass is 10.1. The number of rotatable bonds is 4. The molecule has 2 heterocycles. The van der Waals surface area contributed by atoms with Crippen LogP contribution in [0.15, 0.2) is 23.1 Å². The molecule has 9 heteroatoms. The Hall–Kier alpha value is -2.16. The Labute approximate surface area is 146 Å². The van der Waals surface area contributed by atoms with Crippen LogP contribution in [0.1, 0.15) is 18.4 Å². The Morgan fingerprint density at radius 3 is 2.56 bits per heavy atom. The van der Waals surface area contributed by atoms with E-state index in [1.807, 2.05) is 4.90 Å². The zero-order valence-electron chi connectivity index (χ0n) is 13.1. The molecule has 5 nitrogen and oxygen atoms in total. The van der Waals surface area contributed by atoms with Crippen molar-refractivity contribution in [3.8, 4) is 5.75 Å². The smallest absolute Gasteiger partial charge is 0.422 e. The molecule has 2 amide bonds. The van der Waals surface area contributed by atoms with Gasteiger partial charge < -0.3 is 9.64 Å². The SMILES string of the molecule is O=C1NC(=O)/C(=C/c2cccc(OCC(F)(F)F)c2N2CCCC2)S1. The third-order valence-electron chi connectivity index (χ3n) is 3.77. The predicted molar refractivity (Wildman–Crippen MR) is 88.5 cm³/mol. The van der Waals surface area contributed by atoms with Crippen LogP contribution in [0.4, 0.5) is 23.7 Å². The standard InChI is InChI=1S/C16H15F3N2O3S/c17-16(18,19)9-24-11-5-3-4-10(13(11)21-6-1-2-7-21)8-12-14(22)20-15(23)25-12/h3-5,8H,1-2,6-7,9H2,(H,20,22,23)/b12-8-. The number of ether oxygens (including phenoxy) is 1. The van der Waals surface area contributed by atoms with Crippen molar-refractivity contribution in [2.75, 3.05) is 24.6 Å². The summed E-state index contributed by atoms with van der Waals surface area (Å²) >= 11 is 0.765. The highest BCUT2D eigenvalue weighted by Crippen LogP contribution is 2.38. The van der Waals surface area contributed by atoms with Gasteiger partial charge in [0.15, 0.2) is 6.61 Å². The van der Waals surface area contributed by atoms with Gasteiger partial charge in [0, 0.05) is 18.7 Å². The van der Waals surface area contributed by atoms with E-state index >= 15 is 0 Å². The summed E-state index contributed by atoms with van der Waals surface area (Å²) in [5.41, 5.74) is 1.07. The molecule has 0 aromatic heterocycles. The number of anilines is 1. The molecule has 3 rings (SSSR count). The second-order valence-electron chi connectivity index (χ2n) is 5.64. The van der Waals surface area contributed by atoms with Crippen LogP contribution in [-0.2, 0) is 4.79 Å². The molecule has 0 unspecified atom stereocenters. The van der Waals surface area contributed by atoms with Gasteiger partial charge in [-0.3, -0.25) is 14.9 Å². The zero-order valence-corrected chi connectivity index (χ0v) is 13.9. The van der Waals surface area contributed by atoms with Gasteiger partial charge in [-0.05, 0) is 36.7 Å². The Morgan fingerprint density at radius 2 is 1.96 bits per heavy atom. The van der Waals surface area contributed by atoms with E-state index in [0.717, 1.165) is 24.6 Å². The maximum absolute atomic E-state index is 12.5. The molecule has 0 saturated carbocycles. The summed E-state index contributed by atoms with van der Waals surface area (Å²) in [4.78, 5) is 25.2. The molecule has 0 radical (unpaired) electrons. The summed E-state index contributed by atoms with van der Waals surface area (Å²) in [6, 6.07) is 4.74. The van der Waals surface area contributed by atoms with Gasteiger partial charge in [-0.15, -0.1) is 0 Å². The van der Waals surface area contributed by atoms with Gasteiger partial charge >= 0.3 is 6.18 Å². The number of benzene rings is 1. The van der Waals surface area contributed by atoms with E-state index in [2.05, 4.69) is 5.32 Å². The largest absolute Gasteiger partial charge is 0.482 e. The molecule has 2 fully saturated rings. The van der Waals surface area contributed by atoms with Gasteiger partial charge in [-0.2, -0.15) is 13.2 Å². The van der Waals surface area contributed by atoms with Crippen LogP contribution in [0, 0.1) is 0 Å². The molecular weight excluding hydrogens is 357 g/mol.